The lowest BCUT2D eigenvalue weighted by molar-refractivity contribution is 0.304. The van der Waals surface area contributed by atoms with Crippen molar-refractivity contribution in [3.63, 3.8) is 0 Å². The predicted octanol–water partition coefficient (Wildman–Crippen LogP) is 3.17. The minimum Gasteiger partial charge on any atom is -0.489 e. The summed E-state index contributed by atoms with van der Waals surface area (Å²) in [4.78, 5) is 0. The summed E-state index contributed by atoms with van der Waals surface area (Å²) in [6.07, 6.45) is 0.972. The number of nitrogens with one attached hydrogen (secondary N) is 1. The molecule has 0 bridgehead atoms. The lowest BCUT2D eigenvalue weighted by Gasteiger charge is -2.11. The molecule has 0 saturated heterocycles. The molecule has 1 N–H and O–H groups in total. The molecule has 0 aromatic heterocycles. The van der Waals surface area contributed by atoms with E-state index in [9.17, 15) is 4.39 Å². The molecule has 3 heteroatoms. The van der Waals surface area contributed by atoms with Crippen LogP contribution in [0.15, 0.2) is 48.5 Å². The van der Waals surface area contributed by atoms with E-state index in [0.29, 0.717) is 12.4 Å². The number of likely N-dealkylation sites (N-methyl/N-ethyl adjacent to an activating group) is 1. The standard InChI is InChI=1S/C16H18FNO/c1-18-11-10-13-4-2-3-5-14(13)12-19-16-8-6-15(17)7-9-16/h2-9,18H,10-12H2,1H3. The zero-order valence-corrected chi connectivity index (χ0v) is 11.0. The number of hydrogen-bond acceptors (Lipinski definition) is 2. The molecule has 0 spiro atoms. The van der Waals surface area contributed by atoms with E-state index in [1.165, 1.54) is 23.3 Å². The van der Waals surface area contributed by atoms with Gasteiger partial charge >= 0.3 is 0 Å². The van der Waals surface area contributed by atoms with E-state index in [1.807, 2.05) is 19.2 Å². The molecule has 19 heavy (non-hydrogen) atoms. The minimum atomic E-state index is -0.248. The van der Waals surface area contributed by atoms with Crippen molar-refractivity contribution < 1.29 is 9.13 Å². The first-order valence-electron chi connectivity index (χ1n) is 6.39. The van der Waals surface area contributed by atoms with E-state index >= 15 is 0 Å². The number of halogens is 1. The summed E-state index contributed by atoms with van der Waals surface area (Å²) in [5, 5.41) is 3.14. The average Bonchev–Trinajstić information content (AvgIpc) is 2.45. The molecule has 2 nitrogen and oxygen atoms in total. The van der Waals surface area contributed by atoms with Gasteiger partial charge in [-0.05, 0) is 55.4 Å². The summed E-state index contributed by atoms with van der Waals surface area (Å²) in [6, 6.07) is 14.3. The van der Waals surface area contributed by atoms with Crippen LogP contribution >= 0.6 is 0 Å². The van der Waals surface area contributed by atoms with Crippen molar-refractivity contribution in [2.75, 3.05) is 13.6 Å². The normalized spacial score (nSPS) is 10.4. The third kappa shape index (κ3) is 4.07. The van der Waals surface area contributed by atoms with Crippen molar-refractivity contribution >= 4 is 0 Å². The van der Waals surface area contributed by atoms with Crippen LogP contribution in [-0.2, 0) is 13.0 Å². The van der Waals surface area contributed by atoms with Crippen LogP contribution in [0.2, 0.25) is 0 Å². The predicted molar refractivity (Wildman–Crippen MR) is 74.8 cm³/mol. The molecular formula is C16H18FNO. The zero-order valence-electron chi connectivity index (χ0n) is 11.0. The fourth-order valence-corrected chi connectivity index (χ4v) is 1.89. The maximum Gasteiger partial charge on any atom is 0.123 e. The summed E-state index contributed by atoms with van der Waals surface area (Å²) < 4.78 is 18.5. The molecule has 2 aromatic rings. The highest BCUT2D eigenvalue weighted by atomic mass is 19.1. The van der Waals surface area contributed by atoms with E-state index in [1.54, 1.807) is 12.1 Å². The van der Waals surface area contributed by atoms with Gasteiger partial charge in [-0.2, -0.15) is 0 Å². The first-order chi connectivity index (χ1) is 9.29. The van der Waals surface area contributed by atoms with Crippen molar-refractivity contribution in [1.29, 1.82) is 0 Å². The third-order valence-corrected chi connectivity index (χ3v) is 2.97. The van der Waals surface area contributed by atoms with Gasteiger partial charge in [0.1, 0.15) is 18.2 Å². The molecule has 0 amide bonds. The van der Waals surface area contributed by atoms with E-state index in [-0.39, 0.29) is 5.82 Å². The summed E-state index contributed by atoms with van der Waals surface area (Å²) in [5.74, 6) is 0.437. The van der Waals surface area contributed by atoms with Gasteiger partial charge in [0, 0.05) is 0 Å². The lowest BCUT2D eigenvalue weighted by atomic mass is 10.1. The highest BCUT2D eigenvalue weighted by molar-refractivity contribution is 5.28. The van der Waals surface area contributed by atoms with Gasteiger partial charge < -0.3 is 10.1 Å². The Morgan fingerprint density at radius 2 is 1.68 bits per heavy atom. The number of hydrogen-bond donors (Lipinski definition) is 1. The van der Waals surface area contributed by atoms with Gasteiger partial charge in [-0.25, -0.2) is 4.39 Å². The van der Waals surface area contributed by atoms with E-state index < -0.39 is 0 Å². The van der Waals surface area contributed by atoms with Crippen LogP contribution in [0.4, 0.5) is 4.39 Å². The molecule has 0 atom stereocenters. The fourth-order valence-electron chi connectivity index (χ4n) is 1.89. The van der Waals surface area contributed by atoms with Crippen LogP contribution in [0.1, 0.15) is 11.1 Å². The third-order valence-electron chi connectivity index (χ3n) is 2.97. The average molecular weight is 259 g/mol. The maximum atomic E-state index is 12.8. The minimum absolute atomic E-state index is 0.248. The molecule has 0 radical (unpaired) electrons. The lowest BCUT2D eigenvalue weighted by Crippen LogP contribution is -2.12. The molecule has 0 unspecified atom stereocenters. The van der Waals surface area contributed by atoms with Crippen molar-refractivity contribution in [2.24, 2.45) is 0 Å². The molecule has 0 saturated carbocycles. The molecule has 0 fully saturated rings. The fraction of sp³-hybridized carbons (Fsp3) is 0.250. The van der Waals surface area contributed by atoms with Crippen LogP contribution in [0.5, 0.6) is 5.75 Å². The highest BCUT2D eigenvalue weighted by Gasteiger charge is 2.02. The van der Waals surface area contributed by atoms with Gasteiger partial charge in [0.2, 0.25) is 0 Å². The Hall–Kier alpha value is -1.87. The van der Waals surface area contributed by atoms with Gasteiger partial charge in [-0.15, -0.1) is 0 Å². The van der Waals surface area contributed by atoms with Crippen LogP contribution in [0.3, 0.4) is 0 Å². The Bertz CT molecular complexity index is 510. The Labute approximate surface area is 113 Å². The smallest absolute Gasteiger partial charge is 0.123 e. The molecule has 0 heterocycles. The summed E-state index contributed by atoms with van der Waals surface area (Å²) >= 11 is 0. The van der Waals surface area contributed by atoms with Gasteiger partial charge in [-0.3, -0.25) is 0 Å². The molecule has 2 rings (SSSR count). The van der Waals surface area contributed by atoms with Gasteiger partial charge in [-0.1, -0.05) is 24.3 Å². The first-order valence-corrected chi connectivity index (χ1v) is 6.39. The molecule has 100 valence electrons. The quantitative estimate of drug-likeness (QED) is 0.860. The Balaban J connectivity index is 2.00. The van der Waals surface area contributed by atoms with Crippen molar-refractivity contribution in [2.45, 2.75) is 13.0 Å². The second-order valence-electron chi connectivity index (χ2n) is 4.36. The molecular weight excluding hydrogens is 241 g/mol. The van der Waals surface area contributed by atoms with Crippen LogP contribution in [-0.4, -0.2) is 13.6 Å². The van der Waals surface area contributed by atoms with Gasteiger partial charge in [0.05, 0.1) is 0 Å². The first kappa shape index (κ1) is 13.6. The molecule has 0 aliphatic heterocycles. The Morgan fingerprint density at radius 3 is 2.37 bits per heavy atom. The van der Waals surface area contributed by atoms with Crippen molar-refractivity contribution in [3.05, 3.63) is 65.5 Å². The number of rotatable bonds is 6. The summed E-state index contributed by atoms with van der Waals surface area (Å²) in [7, 11) is 1.94. The SMILES string of the molecule is CNCCc1ccccc1COc1ccc(F)cc1. The highest BCUT2D eigenvalue weighted by Crippen LogP contribution is 2.16. The topological polar surface area (TPSA) is 21.3 Å². The van der Waals surface area contributed by atoms with Gasteiger partial charge in [0.25, 0.3) is 0 Å². The van der Waals surface area contributed by atoms with Crippen LogP contribution in [0, 0.1) is 5.82 Å². The second-order valence-corrected chi connectivity index (χ2v) is 4.36. The molecule has 0 aliphatic carbocycles. The summed E-state index contributed by atoms with van der Waals surface area (Å²) in [5.41, 5.74) is 2.45. The Morgan fingerprint density at radius 1 is 1.00 bits per heavy atom. The van der Waals surface area contributed by atoms with Crippen molar-refractivity contribution in [1.82, 2.24) is 5.32 Å². The zero-order chi connectivity index (χ0) is 13.5. The number of benzene rings is 2. The molecule has 0 aliphatic rings. The monoisotopic (exact) mass is 259 g/mol. The second kappa shape index (κ2) is 6.90. The van der Waals surface area contributed by atoms with E-state index in [2.05, 4.69) is 17.4 Å². The summed E-state index contributed by atoms with van der Waals surface area (Å²) in [6.45, 7) is 1.44. The van der Waals surface area contributed by atoms with Gasteiger partial charge in [0.15, 0.2) is 0 Å². The Kier molecular flexibility index (Phi) is 4.93. The van der Waals surface area contributed by atoms with Crippen LogP contribution < -0.4 is 10.1 Å². The largest absolute Gasteiger partial charge is 0.489 e. The van der Waals surface area contributed by atoms with E-state index in [4.69, 9.17) is 4.74 Å². The molecule has 2 aromatic carbocycles. The van der Waals surface area contributed by atoms with E-state index in [0.717, 1.165) is 13.0 Å². The van der Waals surface area contributed by atoms with Crippen molar-refractivity contribution in [3.8, 4) is 5.75 Å². The maximum absolute atomic E-state index is 12.8. The van der Waals surface area contributed by atoms with Crippen LogP contribution in [0.25, 0.3) is 0 Å². The number of ether oxygens (including phenoxy) is 1.